The largest absolute Gasteiger partial charge is 0.339 e. The predicted molar refractivity (Wildman–Crippen MR) is 67.0 cm³/mol. The van der Waals surface area contributed by atoms with E-state index in [0.717, 1.165) is 18.1 Å². The molecule has 4 heteroatoms. The van der Waals surface area contributed by atoms with Crippen molar-refractivity contribution >= 4 is 0 Å². The molecule has 1 fully saturated rings. The number of hydrogen-bond acceptors (Lipinski definition) is 4. The predicted octanol–water partition coefficient (Wildman–Crippen LogP) is 2.44. The van der Waals surface area contributed by atoms with Crippen molar-refractivity contribution in [3.63, 3.8) is 0 Å². The van der Waals surface area contributed by atoms with Crippen LogP contribution in [-0.4, -0.2) is 23.2 Å². The van der Waals surface area contributed by atoms with Crippen molar-refractivity contribution in [3.8, 4) is 0 Å². The molecule has 17 heavy (non-hydrogen) atoms. The number of hydrogen-bond donors (Lipinski definition) is 1. The van der Waals surface area contributed by atoms with E-state index in [1.54, 1.807) is 0 Å². The fourth-order valence-corrected chi connectivity index (χ4v) is 2.58. The lowest BCUT2D eigenvalue weighted by atomic mass is 9.66. The zero-order valence-electron chi connectivity index (χ0n) is 11.1. The van der Waals surface area contributed by atoms with Crippen molar-refractivity contribution in [1.29, 1.82) is 0 Å². The van der Waals surface area contributed by atoms with Gasteiger partial charge in [0, 0.05) is 17.9 Å². The summed E-state index contributed by atoms with van der Waals surface area (Å²) in [5.41, 5.74) is 0.211. The van der Waals surface area contributed by atoms with E-state index in [1.807, 2.05) is 7.05 Å². The van der Waals surface area contributed by atoms with Crippen LogP contribution < -0.4 is 5.32 Å². The second-order valence-electron chi connectivity index (χ2n) is 5.29. The van der Waals surface area contributed by atoms with Gasteiger partial charge in [0.25, 0.3) is 0 Å². The average Bonchev–Trinajstić information content (AvgIpc) is 2.72. The summed E-state index contributed by atoms with van der Waals surface area (Å²) in [4.78, 5) is 4.59. The molecule has 0 aliphatic heterocycles. The first-order chi connectivity index (χ1) is 8.20. The smallest absolute Gasteiger partial charge is 0.232 e. The van der Waals surface area contributed by atoms with Crippen LogP contribution in [-0.2, 0) is 11.8 Å². The van der Waals surface area contributed by atoms with Crippen molar-refractivity contribution in [1.82, 2.24) is 15.5 Å². The molecule has 1 saturated carbocycles. The van der Waals surface area contributed by atoms with Crippen LogP contribution in [0.4, 0.5) is 0 Å². The van der Waals surface area contributed by atoms with Crippen molar-refractivity contribution in [3.05, 3.63) is 11.7 Å². The summed E-state index contributed by atoms with van der Waals surface area (Å²) in [7, 11) is 1.95. The lowest BCUT2D eigenvalue weighted by Crippen LogP contribution is -2.34. The molecule has 0 spiro atoms. The fourth-order valence-electron chi connectivity index (χ4n) is 2.58. The highest BCUT2D eigenvalue weighted by Gasteiger charge is 2.42. The van der Waals surface area contributed by atoms with Gasteiger partial charge in [-0.25, -0.2) is 0 Å². The highest BCUT2D eigenvalue weighted by atomic mass is 16.5. The van der Waals surface area contributed by atoms with Crippen LogP contribution in [0.25, 0.3) is 0 Å². The molecule has 0 amide bonds. The third-order valence-electron chi connectivity index (χ3n) is 3.94. The Morgan fingerprint density at radius 1 is 1.47 bits per heavy atom. The minimum absolute atomic E-state index is 0.211. The molecule has 1 aromatic heterocycles. The molecule has 1 aromatic rings. The Morgan fingerprint density at radius 2 is 2.24 bits per heavy atom. The Balaban J connectivity index is 2.06. The molecule has 1 unspecified atom stereocenters. The number of nitrogens with one attached hydrogen (secondary N) is 1. The van der Waals surface area contributed by atoms with Gasteiger partial charge in [0.05, 0.1) is 0 Å². The first-order valence-electron chi connectivity index (χ1n) is 6.70. The molecule has 0 aromatic carbocycles. The molecular weight excluding hydrogens is 214 g/mol. The Hall–Kier alpha value is -0.900. The molecule has 1 atom stereocenters. The van der Waals surface area contributed by atoms with Crippen LogP contribution in [0.5, 0.6) is 0 Å². The standard InChI is InChI=1S/C13H23N3O/c1-4-6-13(7-5-8-13)12-15-11(16-17-12)9-10(2)14-3/h10,14H,4-9H2,1-3H3. The molecule has 1 aliphatic carbocycles. The van der Waals surface area contributed by atoms with E-state index in [1.165, 1.54) is 32.1 Å². The van der Waals surface area contributed by atoms with Gasteiger partial charge >= 0.3 is 0 Å². The normalized spacial score (nSPS) is 19.9. The van der Waals surface area contributed by atoms with E-state index in [4.69, 9.17) is 4.52 Å². The van der Waals surface area contributed by atoms with Crippen LogP contribution in [0.1, 0.15) is 57.7 Å². The molecule has 96 valence electrons. The molecule has 1 N–H and O–H groups in total. The van der Waals surface area contributed by atoms with Crippen LogP contribution in [0.3, 0.4) is 0 Å². The summed E-state index contributed by atoms with van der Waals surface area (Å²) < 4.78 is 5.48. The molecule has 4 nitrogen and oxygen atoms in total. The number of nitrogens with zero attached hydrogens (tertiary/aromatic N) is 2. The van der Waals surface area contributed by atoms with Crippen molar-refractivity contribution in [2.75, 3.05) is 7.05 Å². The molecular formula is C13H23N3O. The van der Waals surface area contributed by atoms with Gasteiger partial charge in [-0.05, 0) is 33.2 Å². The summed E-state index contributed by atoms with van der Waals surface area (Å²) in [5.74, 6) is 1.72. The van der Waals surface area contributed by atoms with Gasteiger partial charge in [0.1, 0.15) is 0 Å². The maximum absolute atomic E-state index is 5.48. The van der Waals surface area contributed by atoms with Gasteiger partial charge in [-0.2, -0.15) is 4.98 Å². The number of rotatable bonds is 6. The van der Waals surface area contributed by atoms with Crippen molar-refractivity contribution in [2.24, 2.45) is 0 Å². The van der Waals surface area contributed by atoms with Gasteiger partial charge < -0.3 is 9.84 Å². The maximum atomic E-state index is 5.48. The minimum Gasteiger partial charge on any atom is -0.339 e. The third kappa shape index (κ3) is 2.51. The topological polar surface area (TPSA) is 51.0 Å². The molecule has 0 saturated heterocycles. The van der Waals surface area contributed by atoms with E-state index in [9.17, 15) is 0 Å². The fraction of sp³-hybridized carbons (Fsp3) is 0.846. The third-order valence-corrected chi connectivity index (χ3v) is 3.94. The van der Waals surface area contributed by atoms with Gasteiger partial charge in [0.15, 0.2) is 5.82 Å². The van der Waals surface area contributed by atoms with Gasteiger partial charge in [-0.15, -0.1) is 0 Å². The summed E-state index contributed by atoms with van der Waals surface area (Å²) in [5, 5.41) is 7.30. The first-order valence-corrected chi connectivity index (χ1v) is 6.70. The highest BCUT2D eigenvalue weighted by molar-refractivity contribution is 5.10. The highest BCUT2D eigenvalue weighted by Crippen LogP contribution is 2.46. The first kappa shape index (κ1) is 12.6. The molecule has 1 aliphatic rings. The van der Waals surface area contributed by atoms with Crippen molar-refractivity contribution < 1.29 is 4.52 Å². The van der Waals surface area contributed by atoms with Crippen LogP contribution in [0.2, 0.25) is 0 Å². The summed E-state index contributed by atoms with van der Waals surface area (Å²) in [6.45, 7) is 4.35. The maximum Gasteiger partial charge on any atom is 0.232 e. The van der Waals surface area contributed by atoms with E-state index in [-0.39, 0.29) is 5.41 Å². The van der Waals surface area contributed by atoms with E-state index >= 15 is 0 Å². The second kappa shape index (κ2) is 5.17. The van der Waals surface area contributed by atoms with Crippen LogP contribution in [0.15, 0.2) is 4.52 Å². The quantitative estimate of drug-likeness (QED) is 0.825. The van der Waals surface area contributed by atoms with Gasteiger partial charge in [-0.1, -0.05) is 24.9 Å². The monoisotopic (exact) mass is 237 g/mol. The summed E-state index contributed by atoms with van der Waals surface area (Å²) in [6, 6.07) is 0.393. The molecule has 1 heterocycles. The average molecular weight is 237 g/mol. The SMILES string of the molecule is CCCC1(c2nc(CC(C)NC)no2)CCC1. The zero-order chi connectivity index (χ0) is 12.3. The Labute approximate surface area is 103 Å². The molecule has 0 radical (unpaired) electrons. The lowest BCUT2D eigenvalue weighted by molar-refractivity contribution is 0.160. The minimum atomic E-state index is 0.211. The Morgan fingerprint density at radius 3 is 2.76 bits per heavy atom. The Kier molecular flexibility index (Phi) is 3.82. The summed E-state index contributed by atoms with van der Waals surface area (Å²) >= 11 is 0. The van der Waals surface area contributed by atoms with Crippen LogP contribution >= 0.6 is 0 Å². The van der Waals surface area contributed by atoms with E-state index in [0.29, 0.717) is 6.04 Å². The second-order valence-corrected chi connectivity index (χ2v) is 5.29. The van der Waals surface area contributed by atoms with Gasteiger partial charge in [0.2, 0.25) is 5.89 Å². The van der Waals surface area contributed by atoms with E-state index < -0.39 is 0 Å². The lowest BCUT2D eigenvalue weighted by Gasteiger charge is -2.38. The number of aromatic nitrogens is 2. The Bertz CT molecular complexity index is 357. The summed E-state index contributed by atoms with van der Waals surface area (Å²) in [6.07, 6.45) is 6.92. The molecule has 0 bridgehead atoms. The van der Waals surface area contributed by atoms with E-state index in [2.05, 4.69) is 29.3 Å². The van der Waals surface area contributed by atoms with Crippen LogP contribution in [0, 0.1) is 0 Å². The van der Waals surface area contributed by atoms with Crippen molar-refractivity contribution in [2.45, 2.75) is 63.8 Å². The van der Waals surface area contributed by atoms with Gasteiger partial charge in [-0.3, -0.25) is 0 Å². The zero-order valence-corrected chi connectivity index (χ0v) is 11.1. The number of likely N-dealkylation sites (N-methyl/N-ethyl adjacent to an activating group) is 1. The molecule has 2 rings (SSSR count).